The summed E-state index contributed by atoms with van der Waals surface area (Å²) in [6, 6.07) is 7.41. The van der Waals surface area contributed by atoms with E-state index in [9.17, 15) is 8.42 Å². The van der Waals surface area contributed by atoms with E-state index in [4.69, 9.17) is 0 Å². The third-order valence-electron chi connectivity index (χ3n) is 4.50. The van der Waals surface area contributed by atoms with Crippen molar-refractivity contribution < 1.29 is 8.42 Å². The van der Waals surface area contributed by atoms with Crippen LogP contribution in [0.4, 0.5) is 0 Å². The van der Waals surface area contributed by atoms with Crippen LogP contribution >= 0.6 is 24.0 Å². The van der Waals surface area contributed by atoms with Crippen molar-refractivity contribution >= 4 is 39.8 Å². The summed E-state index contributed by atoms with van der Waals surface area (Å²) in [4.78, 5) is 7.15. The minimum absolute atomic E-state index is 0. The third-order valence-corrected chi connectivity index (χ3v) is 5.63. The van der Waals surface area contributed by atoms with E-state index in [2.05, 4.69) is 27.4 Å². The number of halogens is 1. The van der Waals surface area contributed by atoms with Crippen molar-refractivity contribution in [3.63, 3.8) is 0 Å². The van der Waals surface area contributed by atoms with Crippen LogP contribution in [0.15, 0.2) is 34.2 Å². The molecule has 2 N–H and O–H groups in total. The predicted molar refractivity (Wildman–Crippen MR) is 118 cm³/mol. The molecule has 0 amide bonds. The average Bonchev–Trinajstić information content (AvgIpc) is 2.60. The van der Waals surface area contributed by atoms with Crippen molar-refractivity contribution in [2.75, 3.05) is 32.9 Å². The van der Waals surface area contributed by atoms with Gasteiger partial charge in [-0.15, -0.1) is 24.0 Å². The molecule has 0 spiro atoms. The van der Waals surface area contributed by atoms with Crippen LogP contribution in [-0.4, -0.2) is 58.3 Å². The summed E-state index contributed by atoms with van der Waals surface area (Å²) >= 11 is 0. The normalized spacial score (nSPS) is 16.8. The Balaban J connectivity index is 0.00000338. The Hall–Kier alpha value is -0.870. The number of hydrogen-bond acceptors (Lipinski definition) is 4. The first-order valence-corrected chi connectivity index (χ1v) is 10.8. The van der Waals surface area contributed by atoms with E-state index in [1.165, 1.54) is 19.2 Å². The SMILES string of the molecule is CCCN1CCC(NC(=NC)NCc2ccc(S(C)(=O)=O)cc2)CC1.I. The number of sulfone groups is 1. The maximum atomic E-state index is 11.5. The zero-order valence-corrected chi connectivity index (χ0v) is 19.0. The van der Waals surface area contributed by atoms with Gasteiger partial charge in [-0.25, -0.2) is 8.42 Å². The summed E-state index contributed by atoms with van der Waals surface area (Å²) in [5.41, 5.74) is 1.02. The number of piperidine rings is 1. The fraction of sp³-hybridized carbons (Fsp3) is 0.611. The molecule has 1 fully saturated rings. The van der Waals surface area contributed by atoms with Crippen molar-refractivity contribution in [1.82, 2.24) is 15.5 Å². The van der Waals surface area contributed by atoms with Gasteiger partial charge in [-0.1, -0.05) is 19.1 Å². The second-order valence-corrected chi connectivity index (χ2v) is 8.62. The van der Waals surface area contributed by atoms with Gasteiger partial charge in [0.25, 0.3) is 0 Å². The van der Waals surface area contributed by atoms with Crippen LogP contribution in [0.5, 0.6) is 0 Å². The number of benzene rings is 1. The Morgan fingerprint density at radius 2 is 1.85 bits per heavy atom. The van der Waals surface area contributed by atoms with Crippen molar-refractivity contribution in [2.45, 2.75) is 43.7 Å². The molecule has 8 heteroatoms. The Morgan fingerprint density at radius 3 is 2.35 bits per heavy atom. The first kappa shape index (κ1) is 23.2. The molecule has 1 aromatic rings. The number of aliphatic imine (C=N–C) groups is 1. The molecule has 148 valence electrons. The standard InChI is InChI=1S/C18H30N4O2S.HI/c1-4-11-22-12-9-16(10-13-22)21-18(19-2)20-14-15-5-7-17(8-6-15)25(3,23)24;/h5-8,16H,4,9-14H2,1-3H3,(H2,19,20,21);1H. The van der Waals surface area contributed by atoms with E-state index in [1.807, 2.05) is 12.1 Å². The largest absolute Gasteiger partial charge is 0.354 e. The second kappa shape index (κ2) is 11.1. The number of nitrogens with zero attached hydrogens (tertiary/aromatic N) is 2. The molecule has 1 aliphatic rings. The predicted octanol–water partition coefficient (Wildman–Crippen LogP) is 2.25. The summed E-state index contributed by atoms with van der Waals surface area (Å²) in [6.07, 6.45) is 4.69. The van der Waals surface area contributed by atoms with E-state index in [0.29, 0.717) is 17.5 Å². The van der Waals surface area contributed by atoms with Crippen molar-refractivity contribution in [2.24, 2.45) is 4.99 Å². The molecule has 1 aliphatic heterocycles. The maximum Gasteiger partial charge on any atom is 0.191 e. The highest BCUT2D eigenvalue weighted by Crippen LogP contribution is 2.11. The maximum absolute atomic E-state index is 11.5. The lowest BCUT2D eigenvalue weighted by Gasteiger charge is -2.32. The van der Waals surface area contributed by atoms with Gasteiger partial charge in [-0.2, -0.15) is 0 Å². The number of rotatable bonds is 6. The van der Waals surface area contributed by atoms with Gasteiger partial charge in [-0.3, -0.25) is 4.99 Å². The van der Waals surface area contributed by atoms with E-state index < -0.39 is 9.84 Å². The number of hydrogen-bond donors (Lipinski definition) is 2. The Kier molecular flexibility index (Phi) is 9.88. The summed E-state index contributed by atoms with van der Waals surface area (Å²) in [7, 11) is -1.37. The molecule has 0 saturated carbocycles. The van der Waals surface area contributed by atoms with E-state index in [0.717, 1.165) is 37.5 Å². The Morgan fingerprint density at radius 1 is 1.23 bits per heavy atom. The van der Waals surface area contributed by atoms with Gasteiger partial charge in [0, 0.05) is 39.0 Å². The van der Waals surface area contributed by atoms with Gasteiger partial charge < -0.3 is 15.5 Å². The molecule has 2 rings (SSSR count). The average molecular weight is 494 g/mol. The number of likely N-dealkylation sites (tertiary alicyclic amines) is 1. The fourth-order valence-corrected chi connectivity index (χ4v) is 3.68. The van der Waals surface area contributed by atoms with Crippen LogP contribution in [-0.2, 0) is 16.4 Å². The van der Waals surface area contributed by atoms with E-state index >= 15 is 0 Å². The lowest BCUT2D eigenvalue weighted by atomic mass is 10.1. The lowest BCUT2D eigenvalue weighted by Crippen LogP contribution is -2.48. The van der Waals surface area contributed by atoms with Crippen LogP contribution < -0.4 is 10.6 Å². The molecule has 0 unspecified atom stereocenters. The van der Waals surface area contributed by atoms with Gasteiger partial charge in [0.05, 0.1) is 4.90 Å². The molecular formula is C18H31IN4O2S. The summed E-state index contributed by atoms with van der Waals surface area (Å²) in [5.74, 6) is 0.793. The Bertz CT molecular complexity index is 669. The number of nitrogens with one attached hydrogen (secondary N) is 2. The van der Waals surface area contributed by atoms with Crippen molar-refractivity contribution in [1.29, 1.82) is 0 Å². The van der Waals surface area contributed by atoms with Gasteiger partial charge in [0.1, 0.15) is 0 Å². The third kappa shape index (κ3) is 7.40. The fourth-order valence-electron chi connectivity index (χ4n) is 3.05. The van der Waals surface area contributed by atoms with E-state index in [1.54, 1.807) is 19.2 Å². The van der Waals surface area contributed by atoms with Gasteiger partial charge in [0.15, 0.2) is 15.8 Å². The first-order chi connectivity index (χ1) is 11.9. The van der Waals surface area contributed by atoms with Crippen LogP contribution in [0.25, 0.3) is 0 Å². The van der Waals surface area contributed by atoms with Crippen LogP contribution in [0.2, 0.25) is 0 Å². The quantitative estimate of drug-likeness (QED) is 0.361. The molecule has 1 aromatic carbocycles. The molecule has 1 heterocycles. The topological polar surface area (TPSA) is 73.8 Å². The van der Waals surface area contributed by atoms with Crippen LogP contribution in [0.3, 0.4) is 0 Å². The molecule has 1 saturated heterocycles. The second-order valence-electron chi connectivity index (χ2n) is 6.60. The summed E-state index contributed by atoms with van der Waals surface area (Å²) in [6.45, 7) is 6.28. The highest BCUT2D eigenvalue weighted by molar-refractivity contribution is 14.0. The molecule has 0 bridgehead atoms. The molecule has 0 aromatic heterocycles. The van der Waals surface area contributed by atoms with Gasteiger partial charge in [-0.05, 0) is 43.5 Å². The van der Waals surface area contributed by atoms with Crippen LogP contribution in [0.1, 0.15) is 31.7 Å². The highest BCUT2D eigenvalue weighted by Gasteiger charge is 2.19. The Labute approximate surface area is 174 Å². The molecular weight excluding hydrogens is 463 g/mol. The molecule has 0 atom stereocenters. The lowest BCUT2D eigenvalue weighted by molar-refractivity contribution is 0.206. The summed E-state index contributed by atoms with van der Waals surface area (Å²) in [5, 5.41) is 6.79. The molecule has 6 nitrogen and oxygen atoms in total. The molecule has 0 aliphatic carbocycles. The van der Waals surface area contributed by atoms with Crippen LogP contribution in [0, 0.1) is 0 Å². The monoisotopic (exact) mass is 494 g/mol. The molecule has 0 radical (unpaired) electrons. The minimum Gasteiger partial charge on any atom is -0.354 e. The zero-order valence-electron chi connectivity index (χ0n) is 15.9. The first-order valence-electron chi connectivity index (χ1n) is 8.91. The minimum atomic E-state index is -3.14. The zero-order chi connectivity index (χ0) is 18.3. The smallest absolute Gasteiger partial charge is 0.191 e. The van der Waals surface area contributed by atoms with E-state index in [-0.39, 0.29) is 24.0 Å². The molecule has 26 heavy (non-hydrogen) atoms. The van der Waals surface area contributed by atoms with Crippen molar-refractivity contribution in [3.8, 4) is 0 Å². The summed E-state index contributed by atoms with van der Waals surface area (Å²) < 4.78 is 23.0. The van der Waals surface area contributed by atoms with Gasteiger partial charge in [0.2, 0.25) is 0 Å². The van der Waals surface area contributed by atoms with Crippen molar-refractivity contribution in [3.05, 3.63) is 29.8 Å². The van der Waals surface area contributed by atoms with Gasteiger partial charge >= 0.3 is 0 Å². The highest BCUT2D eigenvalue weighted by atomic mass is 127. The number of guanidine groups is 1.